The molecule has 2 saturated carbocycles. The highest BCUT2D eigenvalue weighted by Crippen LogP contribution is 2.36. The third kappa shape index (κ3) is 4.09. The molecule has 1 aromatic rings. The summed E-state index contributed by atoms with van der Waals surface area (Å²) in [5.41, 5.74) is 2.63. The zero-order valence-corrected chi connectivity index (χ0v) is 15.8. The SMILES string of the molecule is COC(C1CCC(NC(=O)c2cnc3c(c2)BC(C2CC2)=N3)CC1)C(F)(F)F. The molecule has 150 valence electrons. The third-order valence-electron chi connectivity index (χ3n) is 5.99. The number of carbonyl (C=O) groups excluding carboxylic acids is 1. The van der Waals surface area contributed by atoms with Crippen molar-refractivity contribution in [2.24, 2.45) is 16.8 Å². The van der Waals surface area contributed by atoms with E-state index in [9.17, 15) is 18.0 Å². The van der Waals surface area contributed by atoms with Gasteiger partial charge in [-0.05, 0) is 67.5 Å². The van der Waals surface area contributed by atoms with E-state index >= 15 is 0 Å². The van der Waals surface area contributed by atoms with Crippen LogP contribution in [0, 0.1) is 11.8 Å². The lowest BCUT2D eigenvalue weighted by molar-refractivity contribution is -0.231. The maximum Gasteiger partial charge on any atom is 0.414 e. The predicted octanol–water partition coefficient (Wildman–Crippen LogP) is 2.46. The number of fused-ring (bicyclic) bond motifs is 1. The lowest BCUT2D eigenvalue weighted by atomic mass is 9.66. The van der Waals surface area contributed by atoms with Gasteiger partial charge in [-0.25, -0.2) is 9.98 Å². The second-order valence-corrected chi connectivity index (χ2v) is 8.04. The minimum absolute atomic E-state index is 0.124. The summed E-state index contributed by atoms with van der Waals surface area (Å²) in [6.07, 6.45) is -0.405. The first kappa shape index (κ1) is 19.4. The van der Waals surface area contributed by atoms with Gasteiger partial charge in [-0.15, -0.1) is 0 Å². The minimum atomic E-state index is -4.35. The Morgan fingerprint density at radius 2 is 1.96 bits per heavy atom. The van der Waals surface area contributed by atoms with Crippen molar-refractivity contribution in [2.45, 2.75) is 56.8 Å². The molecule has 0 aromatic carbocycles. The van der Waals surface area contributed by atoms with Gasteiger partial charge in [0.2, 0.25) is 7.28 Å². The summed E-state index contributed by atoms with van der Waals surface area (Å²) in [7, 11) is 1.86. The molecule has 1 atom stereocenters. The fourth-order valence-corrected chi connectivity index (χ4v) is 4.31. The average molecular weight is 393 g/mol. The van der Waals surface area contributed by atoms with Gasteiger partial charge >= 0.3 is 6.18 Å². The summed E-state index contributed by atoms with van der Waals surface area (Å²) in [5, 5.41) is 2.95. The van der Waals surface area contributed by atoms with Crippen molar-refractivity contribution in [3.05, 3.63) is 17.8 Å². The fourth-order valence-electron chi connectivity index (χ4n) is 4.31. The minimum Gasteiger partial charge on any atom is -0.372 e. The van der Waals surface area contributed by atoms with Crippen LogP contribution in [0.2, 0.25) is 0 Å². The van der Waals surface area contributed by atoms with Crippen molar-refractivity contribution >= 4 is 30.1 Å². The molecule has 0 bridgehead atoms. The van der Waals surface area contributed by atoms with Crippen LogP contribution in [0.15, 0.2) is 17.3 Å². The molecule has 2 heterocycles. The average Bonchev–Trinajstić information content (AvgIpc) is 3.41. The number of aliphatic imine (C=N–C) groups is 1. The van der Waals surface area contributed by atoms with Gasteiger partial charge in [0.25, 0.3) is 5.91 Å². The Bertz CT molecular complexity index is 787. The lowest BCUT2D eigenvalue weighted by Gasteiger charge is -2.34. The Labute approximate surface area is 162 Å². The van der Waals surface area contributed by atoms with Gasteiger partial charge in [0, 0.05) is 19.3 Å². The quantitative estimate of drug-likeness (QED) is 0.782. The standard InChI is InChI=1S/C19H23BF3N3O2/c1-28-15(19(21,22)23)10-4-6-13(7-5-10)25-18(27)12-8-14-17(24-9-12)26-16(20-14)11-2-3-11/h8-11,13,15,20H,2-7H2,1H3,(H,25,27). The molecule has 5 nitrogen and oxygen atoms in total. The van der Waals surface area contributed by atoms with Crippen molar-refractivity contribution in [1.82, 2.24) is 10.3 Å². The number of nitrogens with one attached hydrogen (secondary N) is 1. The van der Waals surface area contributed by atoms with E-state index in [0.29, 0.717) is 43.0 Å². The number of hydrogen-bond acceptors (Lipinski definition) is 4. The van der Waals surface area contributed by atoms with Crippen LogP contribution in [0.3, 0.4) is 0 Å². The van der Waals surface area contributed by atoms with Gasteiger partial charge < -0.3 is 10.1 Å². The molecule has 1 N–H and O–H groups in total. The van der Waals surface area contributed by atoms with Crippen LogP contribution in [0.1, 0.15) is 48.9 Å². The number of aromatic nitrogens is 1. The molecular formula is C19H23BF3N3O2. The molecule has 9 heteroatoms. The summed E-state index contributed by atoms with van der Waals surface area (Å²) in [5.74, 6) is 0.501. The normalized spacial score (nSPS) is 25.5. The molecule has 0 radical (unpaired) electrons. The molecule has 1 aromatic heterocycles. The number of ether oxygens (including phenoxy) is 1. The Kier molecular flexibility index (Phi) is 5.20. The van der Waals surface area contributed by atoms with Crippen LogP contribution in [-0.2, 0) is 4.74 Å². The second-order valence-electron chi connectivity index (χ2n) is 8.04. The number of pyridine rings is 1. The van der Waals surface area contributed by atoms with Crippen molar-refractivity contribution in [3.8, 4) is 0 Å². The van der Waals surface area contributed by atoms with Gasteiger partial charge in [-0.3, -0.25) is 4.79 Å². The summed E-state index contributed by atoms with van der Waals surface area (Å²) >= 11 is 0. The molecule has 4 rings (SSSR count). The Morgan fingerprint density at radius 1 is 1.25 bits per heavy atom. The van der Waals surface area contributed by atoms with Crippen LogP contribution in [-0.4, -0.2) is 49.2 Å². The van der Waals surface area contributed by atoms with Gasteiger partial charge in [-0.1, -0.05) is 0 Å². The predicted molar refractivity (Wildman–Crippen MR) is 101 cm³/mol. The molecule has 2 aliphatic carbocycles. The summed E-state index contributed by atoms with van der Waals surface area (Å²) in [6.45, 7) is 0. The smallest absolute Gasteiger partial charge is 0.372 e. The van der Waals surface area contributed by atoms with Crippen LogP contribution in [0.25, 0.3) is 0 Å². The molecule has 1 amide bonds. The summed E-state index contributed by atoms with van der Waals surface area (Å²) in [6, 6.07) is 1.72. The first-order chi connectivity index (χ1) is 13.3. The Hall–Kier alpha value is -1.90. The van der Waals surface area contributed by atoms with Crippen molar-refractivity contribution in [2.75, 3.05) is 7.11 Å². The molecule has 28 heavy (non-hydrogen) atoms. The van der Waals surface area contributed by atoms with E-state index in [0.717, 1.165) is 25.5 Å². The highest BCUT2D eigenvalue weighted by atomic mass is 19.4. The first-order valence-electron chi connectivity index (χ1n) is 9.82. The number of rotatable bonds is 5. The third-order valence-corrected chi connectivity index (χ3v) is 5.99. The number of amides is 1. The van der Waals surface area contributed by atoms with E-state index in [1.165, 1.54) is 19.0 Å². The number of alkyl halides is 3. The molecule has 3 aliphatic rings. The van der Waals surface area contributed by atoms with E-state index in [-0.39, 0.29) is 11.9 Å². The van der Waals surface area contributed by atoms with Gasteiger partial charge in [0.05, 0.1) is 5.56 Å². The molecule has 1 aliphatic heterocycles. The zero-order valence-electron chi connectivity index (χ0n) is 15.8. The molecule has 1 unspecified atom stereocenters. The number of halogens is 3. The Balaban J connectivity index is 1.32. The van der Waals surface area contributed by atoms with E-state index in [1.807, 2.05) is 6.07 Å². The maximum absolute atomic E-state index is 13.0. The van der Waals surface area contributed by atoms with Gasteiger partial charge in [0.15, 0.2) is 6.10 Å². The van der Waals surface area contributed by atoms with Crippen LogP contribution >= 0.6 is 0 Å². The van der Waals surface area contributed by atoms with Crippen LogP contribution in [0.4, 0.5) is 19.0 Å². The molecule has 0 spiro atoms. The number of carbonyl (C=O) groups is 1. The van der Waals surface area contributed by atoms with Crippen molar-refractivity contribution in [1.29, 1.82) is 0 Å². The lowest BCUT2D eigenvalue weighted by Crippen LogP contribution is -2.43. The second kappa shape index (κ2) is 7.50. The highest BCUT2D eigenvalue weighted by molar-refractivity contribution is 6.88. The largest absolute Gasteiger partial charge is 0.414 e. The van der Waals surface area contributed by atoms with Gasteiger partial charge in [-0.2, -0.15) is 13.2 Å². The van der Waals surface area contributed by atoms with E-state index in [2.05, 4.69) is 20.0 Å². The van der Waals surface area contributed by atoms with E-state index in [4.69, 9.17) is 0 Å². The topological polar surface area (TPSA) is 63.6 Å². The molecule has 2 fully saturated rings. The monoisotopic (exact) mass is 393 g/mol. The van der Waals surface area contributed by atoms with E-state index < -0.39 is 18.2 Å². The molecule has 0 saturated heterocycles. The van der Waals surface area contributed by atoms with E-state index in [1.54, 1.807) is 0 Å². The highest BCUT2D eigenvalue weighted by Gasteiger charge is 2.46. The van der Waals surface area contributed by atoms with Crippen LogP contribution in [0.5, 0.6) is 0 Å². The first-order valence-corrected chi connectivity index (χ1v) is 9.82. The number of hydrogen-bond donors (Lipinski definition) is 1. The van der Waals surface area contributed by atoms with Gasteiger partial charge in [0.1, 0.15) is 5.82 Å². The summed E-state index contributed by atoms with van der Waals surface area (Å²) < 4.78 is 43.7. The van der Waals surface area contributed by atoms with Crippen LogP contribution < -0.4 is 10.8 Å². The molecular weight excluding hydrogens is 370 g/mol. The fraction of sp³-hybridized carbons (Fsp3) is 0.632. The summed E-state index contributed by atoms with van der Waals surface area (Å²) in [4.78, 5) is 21.4. The zero-order chi connectivity index (χ0) is 19.9. The number of methoxy groups -OCH3 is 1. The van der Waals surface area contributed by atoms with Crippen molar-refractivity contribution in [3.63, 3.8) is 0 Å². The number of nitrogens with zero attached hydrogens (tertiary/aromatic N) is 2. The maximum atomic E-state index is 13.0. The Morgan fingerprint density at radius 3 is 2.57 bits per heavy atom. The van der Waals surface area contributed by atoms with Crippen molar-refractivity contribution < 1.29 is 22.7 Å².